The molecule has 0 bridgehead atoms. The van der Waals surface area contributed by atoms with Gasteiger partial charge in [-0.1, -0.05) is 0 Å². The number of carboxylic acid groups (broad SMARTS) is 1. The van der Waals surface area contributed by atoms with Crippen molar-refractivity contribution in [1.82, 2.24) is 10.2 Å². The molecule has 7 heteroatoms. The monoisotopic (exact) mass is 286 g/mol. The number of aliphatic hydroxyl groups is 1. The highest BCUT2D eigenvalue weighted by molar-refractivity contribution is 5.83. The number of amides is 2. The number of β-amino-alcohol motifs (C(OH)–C–C–N with tert-alkyl or cyclic N) is 1. The van der Waals surface area contributed by atoms with Crippen LogP contribution in [-0.4, -0.2) is 65.6 Å². The second kappa shape index (κ2) is 6.90. The molecule has 114 valence electrons. The van der Waals surface area contributed by atoms with Gasteiger partial charge in [0.15, 0.2) is 0 Å². The molecule has 0 aromatic carbocycles. The summed E-state index contributed by atoms with van der Waals surface area (Å²) in [5, 5.41) is 21.1. The third kappa shape index (κ3) is 4.35. The number of nitrogens with one attached hydrogen (secondary N) is 1. The molecule has 0 unspecified atom stereocenters. The molecule has 2 aliphatic rings. The van der Waals surface area contributed by atoms with E-state index in [4.69, 9.17) is 9.84 Å². The van der Waals surface area contributed by atoms with Crippen LogP contribution in [0.1, 0.15) is 25.7 Å². The summed E-state index contributed by atoms with van der Waals surface area (Å²) in [7, 11) is 0. The van der Waals surface area contributed by atoms with Crippen molar-refractivity contribution in [3.05, 3.63) is 0 Å². The first-order chi connectivity index (χ1) is 9.58. The Labute approximate surface area is 117 Å². The standard InChI is InChI=1S/C13H22N2O5/c16-10-6-11(12(17)18)15(7-10)13(19)14-4-1-5-20-8-9-2-3-9/h9-11,16H,1-8H2,(H,14,19)(H,17,18)/t10-,11-/m1/s1. The summed E-state index contributed by atoms with van der Waals surface area (Å²) >= 11 is 0. The van der Waals surface area contributed by atoms with Crippen LogP contribution in [0.2, 0.25) is 0 Å². The van der Waals surface area contributed by atoms with E-state index in [9.17, 15) is 14.7 Å². The molecular formula is C13H22N2O5. The lowest BCUT2D eigenvalue weighted by molar-refractivity contribution is -0.141. The number of carboxylic acids is 1. The number of carbonyl (C=O) groups is 2. The molecule has 1 aliphatic heterocycles. The van der Waals surface area contributed by atoms with E-state index in [0.717, 1.165) is 12.5 Å². The summed E-state index contributed by atoms with van der Waals surface area (Å²) in [6.45, 7) is 1.92. The predicted molar refractivity (Wildman–Crippen MR) is 70.3 cm³/mol. The topological polar surface area (TPSA) is 99.1 Å². The highest BCUT2D eigenvalue weighted by Crippen LogP contribution is 2.28. The minimum atomic E-state index is -1.08. The van der Waals surface area contributed by atoms with Crippen LogP contribution in [0.4, 0.5) is 4.79 Å². The Morgan fingerprint density at radius 3 is 2.75 bits per heavy atom. The highest BCUT2D eigenvalue weighted by Gasteiger charge is 2.38. The predicted octanol–water partition coefficient (Wildman–Crippen LogP) is 0.0325. The number of likely N-dealkylation sites (tertiary alicyclic amines) is 1. The maximum atomic E-state index is 11.9. The largest absolute Gasteiger partial charge is 0.480 e. The number of aliphatic carboxylic acids is 1. The van der Waals surface area contributed by atoms with Gasteiger partial charge in [-0.2, -0.15) is 0 Å². The first-order valence-corrected chi connectivity index (χ1v) is 7.11. The van der Waals surface area contributed by atoms with Crippen LogP contribution in [0, 0.1) is 5.92 Å². The lowest BCUT2D eigenvalue weighted by Crippen LogP contribution is -2.46. The Bertz CT molecular complexity index is 359. The van der Waals surface area contributed by atoms with E-state index in [1.54, 1.807) is 0 Å². The molecular weight excluding hydrogens is 264 g/mol. The van der Waals surface area contributed by atoms with Crippen LogP contribution in [-0.2, 0) is 9.53 Å². The maximum Gasteiger partial charge on any atom is 0.326 e. The van der Waals surface area contributed by atoms with Gasteiger partial charge in [-0.3, -0.25) is 0 Å². The Morgan fingerprint density at radius 2 is 2.10 bits per heavy atom. The van der Waals surface area contributed by atoms with Gasteiger partial charge in [0.05, 0.1) is 6.10 Å². The molecule has 2 amide bonds. The van der Waals surface area contributed by atoms with Crippen molar-refractivity contribution in [2.75, 3.05) is 26.3 Å². The van der Waals surface area contributed by atoms with E-state index < -0.39 is 24.1 Å². The van der Waals surface area contributed by atoms with Crippen LogP contribution in [0.3, 0.4) is 0 Å². The SMILES string of the molecule is O=C(O)[C@H]1C[C@@H](O)CN1C(=O)NCCCOCC1CC1. The summed E-state index contributed by atoms with van der Waals surface area (Å²) in [6, 6.07) is -1.37. The van der Waals surface area contributed by atoms with E-state index in [-0.39, 0.29) is 13.0 Å². The van der Waals surface area contributed by atoms with Gasteiger partial charge < -0.3 is 25.2 Å². The van der Waals surface area contributed by atoms with Crippen molar-refractivity contribution in [3.8, 4) is 0 Å². The molecule has 0 aromatic rings. The second-order valence-corrected chi connectivity index (χ2v) is 5.50. The van der Waals surface area contributed by atoms with Crippen molar-refractivity contribution < 1.29 is 24.5 Å². The van der Waals surface area contributed by atoms with E-state index in [0.29, 0.717) is 19.6 Å². The molecule has 1 saturated heterocycles. The van der Waals surface area contributed by atoms with Gasteiger partial charge in [0.2, 0.25) is 0 Å². The molecule has 7 nitrogen and oxygen atoms in total. The number of aliphatic hydroxyl groups excluding tert-OH is 1. The number of urea groups is 1. The molecule has 0 radical (unpaired) electrons. The molecule has 1 saturated carbocycles. The fraction of sp³-hybridized carbons (Fsp3) is 0.846. The second-order valence-electron chi connectivity index (χ2n) is 5.50. The van der Waals surface area contributed by atoms with E-state index in [1.165, 1.54) is 17.7 Å². The van der Waals surface area contributed by atoms with Gasteiger partial charge in [0.25, 0.3) is 0 Å². The minimum Gasteiger partial charge on any atom is -0.480 e. The fourth-order valence-electron chi connectivity index (χ4n) is 2.28. The third-order valence-electron chi connectivity index (χ3n) is 3.62. The normalized spacial score (nSPS) is 25.8. The summed E-state index contributed by atoms with van der Waals surface area (Å²) in [5.41, 5.74) is 0. The van der Waals surface area contributed by atoms with Crippen molar-refractivity contribution in [3.63, 3.8) is 0 Å². The van der Waals surface area contributed by atoms with Gasteiger partial charge in [0.1, 0.15) is 6.04 Å². The van der Waals surface area contributed by atoms with Gasteiger partial charge >= 0.3 is 12.0 Å². The maximum absolute atomic E-state index is 11.9. The summed E-state index contributed by atoms with van der Waals surface area (Å²) < 4.78 is 5.44. The van der Waals surface area contributed by atoms with Crippen LogP contribution in [0.15, 0.2) is 0 Å². The number of carbonyl (C=O) groups excluding carboxylic acids is 1. The molecule has 2 fully saturated rings. The average molecular weight is 286 g/mol. The van der Waals surface area contributed by atoms with Gasteiger partial charge in [0, 0.05) is 32.7 Å². The first kappa shape index (κ1) is 15.1. The van der Waals surface area contributed by atoms with E-state index in [1.807, 2.05) is 0 Å². The van der Waals surface area contributed by atoms with Crippen molar-refractivity contribution in [2.24, 2.45) is 5.92 Å². The Balaban J connectivity index is 1.61. The summed E-state index contributed by atoms with van der Waals surface area (Å²) in [5.74, 6) is -0.350. The lowest BCUT2D eigenvalue weighted by Gasteiger charge is -2.21. The molecule has 20 heavy (non-hydrogen) atoms. The quantitative estimate of drug-likeness (QED) is 0.574. The van der Waals surface area contributed by atoms with Crippen LogP contribution < -0.4 is 5.32 Å². The number of hydrogen-bond donors (Lipinski definition) is 3. The minimum absolute atomic E-state index is 0.0704. The molecule has 1 heterocycles. The van der Waals surface area contributed by atoms with Crippen LogP contribution in [0.25, 0.3) is 0 Å². The van der Waals surface area contributed by atoms with Gasteiger partial charge in [-0.15, -0.1) is 0 Å². The molecule has 2 rings (SSSR count). The van der Waals surface area contributed by atoms with Crippen molar-refractivity contribution in [2.45, 2.75) is 37.8 Å². The third-order valence-corrected chi connectivity index (χ3v) is 3.62. The molecule has 0 spiro atoms. The van der Waals surface area contributed by atoms with Crippen molar-refractivity contribution >= 4 is 12.0 Å². The number of nitrogens with zero attached hydrogens (tertiary/aromatic N) is 1. The zero-order valence-electron chi connectivity index (χ0n) is 11.5. The Kier molecular flexibility index (Phi) is 5.19. The summed E-state index contributed by atoms with van der Waals surface area (Å²) in [4.78, 5) is 24.0. The number of rotatable bonds is 7. The number of hydrogen-bond acceptors (Lipinski definition) is 4. The smallest absolute Gasteiger partial charge is 0.326 e. The fourth-order valence-corrected chi connectivity index (χ4v) is 2.28. The first-order valence-electron chi connectivity index (χ1n) is 7.11. The van der Waals surface area contributed by atoms with Crippen LogP contribution in [0.5, 0.6) is 0 Å². The van der Waals surface area contributed by atoms with E-state index >= 15 is 0 Å². The highest BCUT2D eigenvalue weighted by atomic mass is 16.5. The lowest BCUT2D eigenvalue weighted by atomic mass is 10.2. The van der Waals surface area contributed by atoms with Crippen molar-refractivity contribution in [1.29, 1.82) is 0 Å². The Hall–Kier alpha value is -1.34. The molecule has 1 aliphatic carbocycles. The van der Waals surface area contributed by atoms with Gasteiger partial charge in [-0.05, 0) is 25.2 Å². The molecule has 0 aromatic heterocycles. The molecule has 3 N–H and O–H groups in total. The zero-order valence-corrected chi connectivity index (χ0v) is 11.5. The zero-order chi connectivity index (χ0) is 14.5. The van der Waals surface area contributed by atoms with Crippen LogP contribution >= 0.6 is 0 Å². The Morgan fingerprint density at radius 1 is 1.35 bits per heavy atom. The molecule has 2 atom stereocenters. The van der Waals surface area contributed by atoms with E-state index in [2.05, 4.69) is 5.32 Å². The average Bonchev–Trinajstić information content (AvgIpc) is 3.13. The number of ether oxygens (including phenoxy) is 1. The summed E-state index contributed by atoms with van der Waals surface area (Å²) in [6.07, 6.45) is 2.54. The van der Waals surface area contributed by atoms with Gasteiger partial charge in [-0.25, -0.2) is 9.59 Å².